The molecule has 2 aromatic rings. The van der Waals surface area contributed by atoms with Gasteiger partial charge in [0.05, 0.1) is 26.4 Å². The van der Waals surface area contributed by atoms with E-state index in [0.29, 0.717) is 28.8 Å². The predicted molar refractivity (Wildman–Crippen MR) is 92.6 cm³/mol. The van der Waals surface area contributed by atoms with E-state index in [0.717, 1.165) is 15.7 Å². The van der Waals surface area contributed by atoms with E-state index in [1.54, 1.807) is 21.3 Å². The van der Waals surface area contributed by atoms with E-state index in [1.807, 2.05) is 30.3 Å². The molecule has 0 unspecified atom stereocenters. The summed E-state index contributed by atoms with van der Waals surface area (Å²) in [4.78, 5) is 0. The van der Waals surface area contributed by atoms with Gasteiger partial charge in [-0.2, -0.15) is 0 Å². The molecule has 0 amide bonds. The van der Waals surface area contributed by atoms with E-state index in [1.165, 1.54) is 0 Å². The fourth-order valence-corrected chi connectivity index (χ4v) is 2.85. The normalized spacial score (nSPS) is 10.2. The van der Waals surface area contributed by atoms with Gasteiger partial charge < -0.3 is 19.5 Å². The summed E-state index contributed by atoms with van der Waals surface area (Å²) < 4.78 is 16.8. The highest BCUT2D eigenvalue weighted by Crippen LogP contribution is 2.35. The Morgan fingerprint density at radius 3 is 2.32 bits per heavy atom. The lowest BCUT2D eigenvalue weighted by molar-refractivity contribution is 0.352. The van der Waals surface area contributed by atoms with Crippen molar-refractivity contribution in [1.29, 1.82) is 0 Å². The maximum Gasteiger partial charge on any atom is 0.165 e. The van der Waals surface area contributed by atoms with Crippen LogP contribution in [-0.2, 0) is 6.54 Å². The van der Waals surface area contributed by atoms with Crippen LogP contribution in [0.25, 0.3) is 0 Å². The van der Waals surface area contributed by atoms with E-state index >= 15 is 0 Å². The number of methoxy groups -OCH3 is 3. The monoisotopic (exact) mass is 385 g/mol. The van der Waals surface area contributed by atoms with Crippen LogP contribution in [0.1, 0.15) is 5.56 Å². The van der Waals surface area contributed by atoms with Gasteiger partial charge in [0.2, 0.25) is 0 Å². The largest absolute Gasteiger partial charge is 0.495 e. The third-order valence-corrected chi connectivity index (χ3v) is 3.91. The van der Waals surface area contributed by atoms with Gasteiger partial charge in [0.1, 0.15) is 5.75 Å². The Morgan fingerprint density at radius 1 is 1.00 bits per heavy atom. The Morgan fingerprint density at radius 2 is 1.73 bits per heavy atom. The van der Waals surface area contributed by atoms with Crippen LogP contribution in [0.2, 0.25) is 5.02 Å². The number of halogens is 2. The highest BCUT2D eigenvalue weighted by atomic mass is 79.9. The van der Waals surface area contributed by atoms with Crippen molar-refractivity contribution in [2.24, 2.45) is 0 Å². The number of rotatable bonds is 6. The maximum absolute atomic E-state index is 6.13. The van der Waals surface area contributed by atoms with E-state index in [2.05, 4.69) is 21.2 Å². The Hall–Kier alpha value is -1.59. The summed E-state index contributed by atoms with van der Waals surface area (Å²) in [6.45, 7) is 0.571. The van der Waals surface area contributed by atoms with Gasteiger partial charge in [0.15, 0.2) is 11.5 Å². The van der Waals surface area contributed by atoms with Gasteiger partial charge in [-0.3, -0.25) is 0 Å². The van der Waals surface area contributed by atoms with Gasteiger partial charge in [-0.15, -0.1) is 0 Å². The van der Waals surface area contributed by atoms with Crippen LogP contribution in [0.5, 0.6) is 17.2 Å². The number of hydrogen-bond donors (Lipinski definition) is 1. The Labute approximate surface area is 143 Å². The zero-order valence-electron chi connectivity index (χ0n) is 12.6. The van der Waals surface area contributed by atoms with E-state index in [-0.39, 0.29) is 0 Å². The first-order chi connectivity index (χ1) is 10.6. The van der Waals surface area contributed by atoms with Gasteiger partial charge in [-0.1, -0.05) is 27.5 Å². The number of anilines is 1. The van der Waals surface area contributed by atoms with Crippen LogP contribution in [0, 0.1) is 0 Å². The van der Waals surface area contributed by atoms with Crippen molar-refractivity contribution in [2.45, 2.75) is 6.54 Å². The fourth-order valence-electron chi connectivity index (χ4n) is 2.11. The summed E-state index contributed by atoms with van der Waals surface area (Å²) in [6, 6.07) is 9.41. The standard InChI is InChI=1S/C16H17BrClNO3/c1-20-14-5-4-12(8-13(14)18)19-9-10-6-11(17)7-15(21-2)16(10)22-3/h4-8,19H,9H2,1-3H3. The molecule has 2 aromatic carbocycles. The molecule has 0 atom stereocenters. The van der Waals surface area contributed by atoms with Gasteiger partial charge >= 0.3 is 0 Å². The van der Waals surface area contributed by atoms with Crippen LogP contribution in [0.15, 0.2) is 34.8 Å². The second kappa shape index (κ2) is 7.61. The quantitative estimate of drug-likeness (QED) is 0.778. The van der Waals surface area contributed by atoms with Crippen molar-refractivity contribution in [3.8, 4) is 17.2 Å². The summed E-state index contributed by atoms with van der Waals surface area (Å²) >= 11 is 9.60. The van der Waals surface area contributed by atoms with Crippen molar-refractivity contribution in [3.63, 3.8) is 0 Å². The van der Waals surface area contributed by atoms with Crippen LogP contribution in [0.3, 0.4) is 0 Å². The van der Waals surface area contributed by atoms with E-state index < -0.39 is 0 Å². The van der Waals surface area contributed by atoms with E-state index in [9.17, 15) is 0 Å². The first-order valence-corrected chi connectivity index (χ1v) is 7.74. The number of ether oxygens (including phenoxy) is 3. The van der Waals surface area contributed by atoms with Crippen molar-refractivity contribution < 1.29 is 14.2 Å². The first kappa shape index (κ1) is 16.8. The van der Waals surface area contributed by atoms with Crippen LogP contribution in [-0.4, -0.2) is 21.3 Å². The van der Waals surface area contributed by atoms with Gasteiger partial charge in [0.25, 0.3) is 0 Å². The lowest BCUT2D eigenvalue weighted by Crippen LogP contribution is -2.03. The third-order valence-electron chi connectivity index (χ3n) is 3.16. The molecule has 0 heterocycles. The minimum Gasteiger partial charge on any atom is -0.495 e. The Balaban J connectivity index is 2.21. The van der Waals surface area contributed by atoms with Crippen molar-refractivity contribution in [3.05, 3.63) is 45.4 Å². The number of nitrogens with one attached hydrogen (secondary N) is 1. The minimum atomic E-state index is 0.561. The Bertz CT molecular complexity index is 664. The lowest BCUT2D eigenvalue weighted by atomic mass is 10.1. The second-order valence-corrected chi connectivity index (χ2v) is 5.83. The molecule has 0 aliphatic carbocycles. The zero-order chi connectivity index (χ0) is 16.1. The maximum atomic E-state index is 6.13. The number of hydrogen-bond acceptors (Lipinski definition) is 4. The zero-order valence-corrected chi connectivity index (χ0v) is 14.9. The SMILES string of the molecule is COc1ccc(NCc2cc(Br)cc(OC)c2OC)cc1Cl. The number of benzene rings is 2. The summed E-state index contributed by atoms with van der Waals surface area (Å²) in [7, 11) is 4.83. The molecule has 22 heavy (non-hydrogen) atoms. The first-order valence-electron chi connectivity index (χ1n) is 6.56. The molecule has 1 N–H and O–H groups in total. The molecular weight excluding hydrogens is 370 g/mol. The fraction of sp³-hybridized carbons (Fsp3) is 0.250. The van der Waals surface area contributed by atoms with Gasteiger partial charge in [-0.25, -0.2) is 0 Å². The molecule has 4 nitrogen and oxygen atoms in total. The molecule has 0 bridgehead atoms. The molecule has 0 radical (unpaired) electrons. The molecule has 2 rings (SSSR count). The van der Waals surface area contributed by atoms with E-state index in [4.69, 9.17) is 25.8 Å². The second-order valence-electron chi connectivity index (χ2n) is 4.50. The van der Waals surface area contributed by atoms with Crippen LogP contribution in [0.4, 0.5) is 5.69 Å². The van der Waals surface area contributed by atoms with Crippen molar-refractivity contribution in [2.75, 3.05) is 26.6 Å². The smallest absolute Gasteiger partial charge is 0.165 e. The predicted octanol–water partition coefficient (Wildman–Crippen LogP) is 4.74. The molecule has 0 fully saturated rings. The molecule has 0 spiro atoms. The molecule has 0 saturated carbocycles. The summed E-state index contributed by atoms with van der Waals surface area (Å²) in [5, 5.41) is 3.87. The Kier molecular flexibility index (Phi) is 5.80. The molecule has 0 aliphatic rings. The van der Waals surface area contributed by atoms with Crippen molar-refractivity contribution in [1.82, 2.24) is 0 Å². The molecule has 6 heteroatoms. The lowest BCUT2D eigenvalue weighted by Gasteiger charge is -2.15. The average molecular weight is 387 g/mol. The molecular formula is C16H17BrClNO3. The molecule has 118 valence electrons. The molecule has 0 saturated heterocycles. The average Bonchev–Trinajstić information content (AvgIpc) is 2.52. The third kappa shape index (κ3) is 3.78. The topological polar surface area (TPSA) is 39.7 Å². The van der Waals surface area contributed by atoms with Crippen molar-refractivity contribution >= 4 is 33.2 Å². The van der Waals surface area contributed by atoms with Crippen LogP contribution < -0.4 is 19.5 Å². The molecule has 0 aliphatic heterocycles. The highest BCUT2D eigenvalue weighted by Gasteiger charge is 2.12. The highest BCUT2D eigenvalue weighted by molar-refractivity contribution is 9.10. The summed E-state index contributed by atoms with van der Waals surface area (Å²) in [5.74, 6) is 2.04. The van der Waals surface area contributed by atoms with Gasteiger partial charge in [0, 0.05) is 22.3 Å². The van der Waals surface area contributed by atoms with Gasteiger partial charge in [-0.05, 0) is 30.3 Å². The van der Waals surface area contributed by atoms with Crippen LogP contribution >= 0.6 is 27.5 Å². The summed E-state index contributed by atoms with van der Waals surface area (Å²) in [5.41, 5.74) is 1.87. The summed E-state index contributed by atoms with van der Waals surface area (Å²) in [6.07, 6.45) is 0. The molecule has 0 aromatic heterocycles. The minimum absolute atomic E-state index is 0.561.